The molecule has 1 aliphatic heterocycles. The second-order valence-electron chi connectivity index (χ2n) is 9.14. The van der Waals surface area contributed by atoms with Crippen LogP contribution in [-0.4, -0.2) is 36.4 Å². The maximum Gasteiger partial charge on any atom is 0.338 e. The fourth-order valence-electron chi connectivity index (χ4n) is 4.14. The van der Waals surface area contributed by atoms with Crippen molar-refractivity contribution in [2.24, 2.45) is 5.10 Å². The summed E-state index contributed by atoms with van der Waals surface area (Å²) in [6.07, 6.45) is 1.54. The SMILES string of the molecule is CCOC(=O)C1=C(C)NC(=S)N[C@H]1c1ccccc1OCC(=O)NN=Cc1cc(Br)c(OCc2ccc(I)cc2)c(I)c1. The number of ether oxygens (including phenoxy) is 3. The largest absolute Gasteiger partial charge is 0.487 e. The van der Waals surface area contributed by atoms with Crippen LogP contribution in [-0.2, 0) is 20.9 Å². The van der Waals surface area contributed by atoms with Gasteiger partial charge in [0.05, 0.1) is 32.5 Å². The number of benzene rings is 3. The van der Waals surface area contributed by atoms with Gasteiger partial charge in [0, 0.05) is 14.8 Å². The smallest absolute Gasteiger partial charge is 0.338 e. The van der Waals surface area contributed by atoms with Gasteiger partial charge >= 0.3 is 5.97 Å². The standard InChI is InChI=1S/C30H27BrI2N4O5S/c1-3-40-29(39)26-17(2)35-30(43)36-27(26)21-6-4-5-7-24(21)41-16-25(38)37-34-14-19-12-22(31)28(23(33)13-19)42-15-18-8-10-20(32)11-9-18/h4-14,27H,3,15-16H2,1-2H3,(H,37,38)(H2,35,36,43)/t27-/m0/s1. The molecule has 0 bridgehead atoms. The van der Waals surface area contributed by atoms with Crippen LogP contribution in [0.15, 0.2) is 81.5 Å². The lowest BCUT2D eigenvalue weighted by molar-refractivity contribution is -0.139. The van der Waals surface area contributed by atoms with Crippen LogP contribution in [0.1, 0.15) is 36.6 Å². The molecule has 4 rings (SSSR count). The van der Waals surface area contributed by atoms with Gasteiger partial charge in [-0.25, -0.2) is 10.2 Å². The minimum Gasteiger partial charge on any atom is -0.487 e. The minimum absolute atomic E-state index is 0.230. The lowest BCUT2D eigenvalue weighted by Gasteiger charge is -2.30. The number of allylic oxidation sites excluding steroid dienone is 1. The van der Waals surface area contributed by atoms with Gasteiger partial charge in [-0.1, -0.05) is 30.3 Å². The first-order valence-electron chi connectivity index (χ1n) is 13.0. The third kappa shape index (κ3) is 9.12. The van der Waals surface area contributed by atoms with Crippen molar-refractivity contribution in [2.45, 2.75) is 26.5 Å². The average molecular weight is 889 g/mol. The van der Waals surface area contributed by atoms with Crippen LogP contribution in [0, 0.1) is 7.14 Å². The van der Waals surface area contributed by atoms with E-state index in [9.17, 15) is 9.59 Å². The Morgan fingerprint density at radius 1 is 1.12 bits per heavy atom. The number of carbonyl (C=O) groups excluding carboxylic acids is 2. The maximum absolute atomic E-state index is 12.7. The highest BCUT2D eigenvalue weighted by molar-refractivity contribution is 14.1. The summed E-state index contributed by atoms with van der Waals surface area (Å²) in [7, 11) is 0. The van der Waals surface area contributed by atoms with Crippen LogP contribution in [0.4, 0.5) is 0 Å². The quantitative estimate of drug-likeness (QED) is 0.0696. The summed E-state index contributed by atoms with van der Waals surface area (Å²) in [5, 5.41) is 10.5. The van der Waals surface area contributed by atoms with E-state index in [0.717, 1.165) is 24.9 Å². The molecule has 3 aromatic carbocycles. The summed E-state index contributed by atoms with van der Waals surface area (Å²) in [5.74, 6) is 0.218. The molecular formula is C30H27BrI2N4O5S. The number of para-hydroxylation sites is 1. The van der Waals surface area contributed by atoms with E-state index < -0.39 is 17.9 Å². The van der Waals surface area contributed by atoms with Gasteiger partial charge in [0.25, 0.3) is 5.91 Å². The van der Waals surface area contributed by atoms with Gasteiger partial charge in [-0.05, 0) is 129 Å². The molecule has 1 aliphatic rings. The third-order valence-electron chi connectivity index (χ3n) is 6.07. The van der Waals surface area contributed by atoms with Crippen molar-refractivity contribution in [3.63, 3.8) is 0 Å². The topological polar surface area (TPSA) is 110 Å². The van der Waals surface area contributed by atoms with Gasteiger partial charge < -0.3 is 24.8 Å². The fraction of sp³-hybridized carbons (Fsp3) is 0.200. The summed E-state index contributed by atoms with van der Waals surface area (Å²) in [6.45, 7) is 3.87. The van der Waals surface area contributed by atoms with Gasteiger partial charge in [0.15, 0.2) is 11.7 Å². The van der Waals surface area contributed by atoms with Crippen LogP contribution < -0.4 is 25.5 Å². The number of thiocarbonyl (C=S) groups is 1. The summed E-state index contributed by atoms with van der Waals surface area (Å²) in [5.41, 5.74) is 5.93. The first-order valence-corrected chi connectivity index (χ1v) is 16.4. The van der Waals surface area contributed by atoms with Crippen molar-refractivity contribution in [1.82, 2.24) is 16.1 Å². The van der Waals surface area contributed by atoms with E-state index in [-0.39, 0.29) is 13.2 Å². The van der Waals surface area contributed by atoms with E-state index in [2.05, 4.69) is 82.3 Å². The van der Waals surface area contributed by atoms with E-state index in [0.29, 0.717) is 34.3 Å². The molecule has 0 saturated heterocycles. The number of nitrogens with one attached hydrogen (secondary N) is 3. The molecule has 43 heavy (non-hydrogen) atoms. The highest BCUT2D eigenvalue weighted by atomic mass is 127. The maximum atomic E-state index is 12.7. The first kappa shape index (κ1) is 33.1. The summed E-state index contributed by atoms with van der Waals surface area (Å²) < 4.78 is 20.0. The number of rotatable bonds is 11. The molecule has 9 nitrogen and oxygen atoms in total. The second kappa shape index (κ2) is 15.8. The Bertz CT molecular complexity index is 1560. The summed E-state index contributed by atoms with van der Waals surface area (Å²) in [6, 6.07) is 18.4. The molecule has 0 spiro atoms. The highest BCUT2D eigenvalue weighted by Gasteiger charge is 2.32. The van der Waals surface area contributed by atoms with Crippen LogP contribution in [0.25, 0.3) is 0 Å². The Morgan fingerprint density at radius 3 is 2.58 bits per heavy atom. The van der Waals surface area contributed by atoms with Crippen LogP contribution in [0.5, 0.6) is 11.5 Å². The number of hydrogen-bond donors (Lipinski definition) is 3. The molecule has 0 aromatic heterocycles. The zero-order chi connectivity index (χ0) is 30.9. The van der Waals surface area contributed by atoms with E-state index in [4.69, 9.17) is 26.4 Å². The molecule has 0 fully saturated rings. The van der Waals surface area contributed by atoms with E-state index >= 15 is 0 Å². The molecule has 0 aliphatic carbocycles. The minimum atomic E-state index is -0.616. The van der Waals surface area contributed by atoms with Crippen molar-refractivity contribution in [2.75, 3.05) is 13.2 Å². The van der Waals surface area contributed by atoms with Crippen molar-refractivity contribution < 1.29 is 23.8 Å². The first-order chi connectivity index (χ1) is 20.7. The zero-order valence-corrected chi connectivity index (χ0v) is 29.8. The predicted octanol–water partition coefficient (Wildman–Crippen LogP) is 6.12. The molecule has 0 radical (unpaired) electrons. The normalized spacial score (nSPS) is 14.6. The van der Waals surface area contributed by atoms with Crippen LogP contribution >= 0.6 is 73.3 Å². The Morgan fingerprint density at radius 2 is 1.86 bits per heavy atom. The Balaban J connectivity index is 1.37. The number of esters is 1. The van der Waals surface area contributed by atoms with E-state index in [1.165, 1.54) is 3.57 Å². The lowest BCUT2D eigenvalue weighted by atomic mass is 9.95. The number of halogens is 3. The molecule has 1 heterocycles. The molecule has 1 atom stereocenters. The Hall–Kier alpha value is -2.76. The molecule has 224 valence electrons. The molecule has 1 amide bonds. The molecule has 0 unspecified atom stereocenters. The van der Waals surface area contributed by atoms with Gasteiger partial charge in [0.1, 0.15) is 18.1 Å². The molecule has 3 N–H and O–H groups in total. The van der Waals surface area contributed by atoms with Crippen LogP contribution in [0.3, 0.4) is 0 Å². The summed E-state index contributed by atoms with van der Waals surface area (Å²) in [4.78, 5) is 25.3. The van der Waals surface area contributed by atoms with Crippen LogP contribution in [0.2, 0.25) is 0 Å². The van der Waals surface area contributed by atoms with Crippen molar-refractivity contribution in [1.29, 1.82) is 0 Å². The van der Waals surface area contributed by atoms with Crippen molar-refractivity contribution in [3.8, 4) is 11.5 Å². The molecule has 13 heteroatoms. The summed E-state index contributed by atoms with van der Waals surface area (Å²) >= 11 is 13.4. The van der Waals surface area contributed by atoms with Crippen molar-refractivity contribution in [3.05, 3.63) is 100 Å². The number of hydrogen-bond acceptors (Lipinski definition) is 7. The van der Waals surface area contributed by atoms with E-state index in [1.807, 2.05) is 42.5 Å². The molecular weight excluding hydrogens is 862 g/mol. The van der Waals surface area contributed by atoms with Gasteiger partial charge in [0.2, 0.25) is 0 Å². The highest BCUT2D eigenvalue weighted by Crippen LogP contribution is 2.34. The number of carbonyl (C=O) groups is 2. The fourth-order valence-corrected chi connectivity index (χ4v) is 6.54. The number of hydrazone groups is 1. The molecule has 0 saturated carbocycles. The second-order valence-corrected chi connectivity index (χ2v) is 12.8. The van der Waals surface area contributed by atoms with Gasteiger partial charge in [-0.2, -0.15) is 5.10 Å². The monoisotopic (exact) mass is 888 g/mol. The molecule has 3 aromatic rings. The number of amides is 1. The number of nitrogens with zero attached hydrogens (tertiary/aromatic N) is 1. The lowest BCUT2D eigenvalue weighted by Crippen LogP contribution is -2.45. The third-order valence-corrected chi connectivity index (χ3v) is 8.40. The van der Waals surface area contributed by atoms with Gasteiger partial charge in [-0.15, -0.1) is 0 Å². The van der Waals surface area contributed by atoms with Crippen molar-refractivity contribution >= 4 is 96.5 Å². The zero-order valence-electron chi connectivity index (χ0n) is 23.1. The van der Waals surface area contributed by atoms with E-state index in [1.54, 1.807) is 38.3 Å². The predicted molar refractivity (Wildman–Crippen MR) is 189 cm³/mol. The Labute approximate surface area is 290 Å². The average Bonchev–Trinajstić information content (AvgIpc) is 2.96. The Kier molecular flexibility index (Phi) is 12.2. The van der Waals surface area contributed by atoms with Gasteiger partial charge in [-0.3, -0.25) is 4.79 Å².